The topological polar surface area (TPSA) is 61.4 Å². The predicted octanol–water partition coefficient (Wildman–Crippen LogP) is 1.79. The minimum Gasteiger partial charge on any atom is -0.334 e. The SMILES string of the molecule is C=CCNC(=O)NC(=O)CN1CC=C(c2ccccc2)CC1. The number of rotatable bonds is 5. The summed E-state index contributed by atoms with van der Waals surface area (Å²) >= 11 is 0. The minimum atomic E-state index is -0.484. The minimum absolute atomic E-state index is 0.222. The predicted molar refractivity (Wildman–Crippen MR) is 87.2 cm³/mol. The molecule has 1 aromatic carbocycles. The fourth-order valence-electron chi connectivity index (χ4n) is 2.35. The van der Waals surface area contributed by atoms with Gasteiger partial charge in [0.2, 0.25) is 5.91 Å². The van der Waals surface area contributed by atoms with Crippen LogP contribution in [0.2, 0.25) is 0 Å². The number of hydrogen-bond acceptors (Lipinski definition) is 3. The summed E-state index contributed by atoms with van der Waals surface area (Å²) in [5.74, 6) is -0.293. The highest BCUT2D eigenvalue weighted by atomic mass is 16.2. The Labute approximate surface area is 130 Å². The van der Waals surface area contributed by atoms with Crippen molar-refractivity contribution in [2.75, 3.05) is 26.2 Å². The smallest absolute Gasteiger partial charge is 0.321 e. The zero-order chi connectivity index (χ0) is 15.8. The third kappa shape index (κ3) is 4.86. The van der Waals surface area contributed by atoms with E-state index in [4.69, 9.17) is 0 Å². The number of imide groups is 1. The summed E-state index contributed by atoms with van der Waals surface area (Å²) in [7, 11) is 0. The van der Waals surface area contributed by atoms with Crippen molar-refractivity contribution in [1.29, 1.82) is 0 Å². The van der Waals surface area contributed by atoms with Gasteiger partial charge in [-0.1, -0.05) is 42.5 Å². The quantitative estimate of drug-likeness (QED) is 0.815. The van der Waals surface area contributed by atoms with E-state index >= 15 is 0 Å². The van der Waals surface area contributed by atoms with Crippen molar-refractivity contribution < 1.29 is 9.59 Å². The molecule has 0 aromatic heterocycles. The van der Waals surface area contributed by atoms with E-state index in [1.807, 2.05) is 23.1 Å². The van der Waals surface area contributed by atoms with Crippen LogP contribution in [-0.4, -0.2) is 43.0 Å². The summed E-state index contributed by atoms with van der Waals surface area (Å²) in [5, 5.41) is 4.82. The van der Waals surface area contributed by atoms with E-state index < -0.39 is 6.03 Å². The summed E-state index contributed by atoms with van der Waals surface area (Å²) in [6.45, 7) is 5.58. The van der Waals surface area contributed by atoms with Crippen LogP contribution in [0.4, 0.5) is 4.79 Å². The van der Waals surface area contributed by atoms with Crippen LogP contribution in [0.15, 0.2) is 49.1 Å². The molecule has 22 heavy (non-hydrogen) atoms. The summed E-state index contributed by atoms with van der Waals surface area (Å²) in [6.07, 6.45) is 4.61. The van der Waals surface area contributed by atoms with Gasteiger partial charge in [-0.05, 0) is 17.6 Å². The largest absolute Gasteiger partial charge is 0.334 e. The normalized spacial score (nSPS) is 14.8. The highest BCUT2D eigenvalue weighted by Crippen LogP contribution is 2.21. The Hall–Kier alpha value is -2.40. The van der Waals surface area contributed by atoms with Crippen LogP contribution in [0.25, 0.3) is 5.57 Å². The Kier molecular flexibility index (Phi) is 5.91. The van der Waals surface area contributed by atoms with E-state index in [9.17, 15) is 9.59 Å². The zero-order valence-electron chi connectivity index (χ0n) is 12.5. The Morgan fingerprint density at radius 2 is 2.05 bits per heavy atom. The number of benzene rings is 1. The van der Waals surface area contributed by atoms with Gasteiger partial charge in [0.1, 0.15) is 0 Å². The van der Waals surface area contributed by atoms with Crippen molar-refractivity contribution in [3.05, 3.63) is 54.6 Å². The van der Waals surface area contributed by atoms with Crippen LogP contribution in [0.3, 0.4) is 0 Å². The van der Waals surface area contributed by atoms with Gasteiger partial charge in [-0.2, -0.15) is 0 Å². The number of urea groups is 1. The Morgan fingerprint density at radius 3 is 2.68 bits per heavy atom. The molecule has 0 aliphatic carbocycles. The monoisotopic (exact) mass is 299 g/mol. The van der Waals surface area contributed by atoms with Crippen molar-refractivity contribution in [3.8, 4) is 0 Å². The first kappa shape index (κ1) is 16.0. The molecule has 116 valence electrons. The van der Waals surface area contributed by atoms with Crippen LogP contribution >= 0.6 is 0 Å². The lowest BCUT2D eigenvalue weighted by atomic mass is 10.00. The van der Waals surface area contributed by atoms with Gasteiger partial charge in [-0.25, -0.2) is 4.79 Å². The summed E-state index contributed by atoms with van der Waals surface area (Å²) in [5.41, 5.74) is 2.54. The van der Waals surface area contributed by atoms with Gasteiger partial charge < -0.3 is 5.32 Å². The maximum Gasteiger partial charge on any atom is 0.321 e. The summed E-state index contributed by atoms with van der Waals surface area (Å²) < 4.78 is 0. The molecule has 0 saturated heterocycles. The number of carbonyl (C=O) groups excluding carboxylic acids is 2. The molecule has 0 spiro atoms. The Morgan fingerprint density at radius 1 is 1.27 bits per heavy atom. The number of hydrogen-bond donors (Lipinski definition) is 2. The maximum absolute atomic E-state index is 11.8. The second-order valence-corrected chi connectivity index (χ2v) is 5.13. The van der Waals surface area contributed by atoms with E-state index in [1.165, 1.54) is 11.1 Å². The van der Waals surface area contributed by atoms with Gasteiger partial charge in [0.05, 0.1) is 6.54 Å². The molecule has 2 N–H and O–H groups in total. The summed E-state index contributed by atoms with van der Waals surface area (Å²) in [4.78, 5) is 25.2. The molecule has 2 rings (SSSR count). The van der Waals surface area contributed by atoms with Crippen LogP contribution < -0.4 is 10.6 Å². The summed E-state index contributed by atoms with van der Waals surface area (Å²) in [6, 6.07) is 9.76. The molecular weight excluding hydrogens is 278 g/mol. The van der Waals surface area contributed by atoms with Gasteiger partial charge >= 0.3 is 6.03 Å². The first-order valence-electron chi connectivity index (χ1n) is 7.34. The molecule has 1 aliphatic rings. The lowest BCUT2D eigenvalue weighted by Gasteiger charge is -2.25. The number of amides is 3. The van der Waals surface area contributed by atoms with Gasteiger partial charge in [-0.15, -0.1) is 6.58 Å². The molecule has 0 atom stereocenters. The molecular formula is C17H21N3O2. The van der Waals surface area contributed by atoms with Gasteiger partial charge in [0.15, 0.2) is 0 Å². The Balaban J connectivity index is 1.79. The van der Waals surface area contributed by atoms with Crippen LogP contribution in [0.1, 0.15) is 12.0 Å². The van der Waals surface area contributed by atoms with E-state index in [0.29, 0.717) is 13.1 Å². The first-order chi connectivity index (χ1) is 10.7. The molecule has 0 unspecified atom stereocenters. The van der Waals surface area contributed by atoms with Crippen LogP contribution in [0.5, 0.6) is 0 Å². The van der Waals surface area contributed by atoms with Crippen molar-refractivity contribution >= 4 is 17.5 Å². The van der Waals surface area contributed by atoms with Gasteiger partial charge in [-0.3, -0.25) is 15.0 Å². The molecule has 0 radical (unpaired) electrons. The third-order valence-corrected chi connectivity index (χ3v) is 3.46. The van der Waals surface area contributed by atoms with Crippen molar-refractivity contribution in [1.82, 2.24) is 15.5 Å². The van der Waals surface area contributed by atoms with E-state index in [0.717, 1.165) is 13.0 Å². The average Bonchev–Trinajstić information content (AvgIpc) is 2.54. The Bertz CT molecular complexity index is 567. The molecule has 1 aliphatic heterocycles. The molecule has 1 heterocycles. The second-order valence-electron chi connectivity index (χ2n) is 5.13. The fraction of sp³-hybridized carbons (Fsp3) is 0.294. The fourth-order valence-corrected chi connectivity index (χ4v) is 2.35. The lowest BCUT2D eigenvalue weighted by Crippen LogP contribution is -2.45. The molecule has 0 bridgehead atoms. The van der Waals surface area contributed by atoms with Crippen molar-refractivity contribution in [2.24, 2.45) is 0 Å². The highest BCUT2D eigenvalue weighted by molar-refractivity contribution is 5.95. The van der Waals surface area contributed by atoms with E-state index in [2.05, 4.69) is 35.4 Å². The van der Waals surface area contributed by atoms with Crippen LogP contribution in [-0.2, 0) is 4.79 Å². The average molecular weight is 299 g/mol. The van der Waals surface area contributed by atoms with Gasteiger partial charge in [0, 0.05) is 19.6 Å². The van der Waals surface area contributed by atoms with Gasteiger partial charge in [0.25, 0.3) is 0 Å². The molecule has 3 amide bonds. The molecule has 1 aromatic rings. The lowest BCUT2D eigenvalue weighted by molar-refractivity contribution is -0.121. The molecule has 0 fully saturated rings. The number of nitrogens with zero attached hydrogens (tertiary/aromatic N) is 1. The zero-order valence-corrected chi connectivity index (χ0v) is 12.5. The van der Waals surface area contributed by atoms with Crippen molar-refractivity contribution in [2.45, 2.75) is 6.42 Å². The standard InChI is InChI=1S/C17H21N3O2/c1-2-10-18-17(22)19-16(21)13-20-11-8-15(9-12-20)14-6-4-3-5-7-14/h2-8H,1,9-13H2,(H2,18,19,21,22). The van der Waals surface area contributed by atoms with E-state index in [-0.39, 0.29) is 12.5 Å². The first-order valence-corrected chi connectivity index (χ1v) is 7.34. The van der Waals surface area contributed by atoms with E-state index in [1.54, 1.807) is 6.08 Å². The highest BCUT2D eigenvalue weighted by Gasteiger charge is 2.16. The number of nitrogens with one attached hydrogen (secondary N) is 2. The van der Waals surface area contributed by atoms with Crippen molar-refractivity contribution in [3.63, 3.8) is 0 Å². The molecule has 5 heteroatoms. The third-order valence-electron chi connectivity index (χ3n) is 3.46. The molecule has 5 nitrogen and oxygen atoms in total. The second kappa shape index (κ2) is 8.14. The molecule has 0 saturated carbocycles. The van der Waals surface area contributed by atoms with Crippen LogP contribution in [0, 0.1) is 0 Å². The number of carbonyl (C=O) groups is 2. The maximum atomic E-state index is 11.8.